The van der Waals surface area contributed by atoms with E-state index in [-0.39, 0.29) is 5.69 Å². The highest BCUT2D eigenvalue weighted by atomic mass is 16.5. The van der Waals surface area contributed by atoms with Gasteiger partial charge in [0.25, 0.3) is 0 Å². The molecule has 0 radical (unpaired) electrons. The molecule has 0 bridgehead atoms. The van der Waals surface area contributed by atoms with Crippen LogP contribution in [-0.4, -0.2) is 19.8 Å². The van der Waals surface area contributed by atoms with Crippen LogP contribution in [0.5, 0.6) is 5.75 Å². The zero-order valence-corrected chi connectivity index (χ0v) is 15.3. The average molecular weight is 360 g/mol. The zero-order chi connectivity index (χ0) is 18.8. The van der Waals surface area contributed by atoms with Gasteiger partial charge in [-0.15, -0.1) is 5.92 Å². The molecule has 0 amide bonds. The van der Waals surface area contributed by atoms with E-state index in [1.54, 1.807) is 14.0 Å². The van der Waals surface area contributed by atoms with Crippen LogP contribution in [0.1, 0.15) is 42.4 Å². The number of nitrogens with zero attached hydrogens (tertiary/aromatic N) is 4. The molecule has 1 aliphatic carbocycles. The summed E-state index contributed by atoms with van der Waals surface area (Å²) in [7, 11) is 1.57. The first-order chi connectivity index (χ1) is 13.2. The third-order valence-electron chi connectivity index (χ3n) is 4.67. The molecule has 3 aromatic rings. The molecule has 1 heterocycles. The highest BCUT2D eigenvalue weighted by molar-refractivity contribution is 5.52. The normalized spacial score (nSPS) is 13.1. The summed E-state index contributed by atoms with van der Waals surface area (Å²) in [5, 5.41) is 7.79. The van der Waals surface area contributed by atoms with E-state index in [1.807, 2.05) is 36.4 Å². The van der Waals surface area contributed by atoms with Gasteiger partial charge in [-0.05, 0) is 59.9 Å². The Balaban J connectivity index is 1.73. The minimum Gasteiger partial charge on any atom is -0.488 e. The number of aryl methyl sites for hydroxylation is 1. The van der Waals surface area contributed by atoms with E-state index >= 15 is 0 Å². The summed E-state index contributed by atoms with van der Waals surface area (Å²) in [5.41, 5.74) is 3.21. The lowest BCUT2D eigenvalue weighted by Crippen LogP contribution is -2.23. The van der Waals surface area contributed by atoms with E-state index in [0.717, 1.165) is 16.9 Å². The van der Waals surface area contributed by atoms with Crippen molar-refractivity contribution >= 4 is 0 Å². The summed E-state index contributed by atoms with van der Waals surface area (Å²) in [5.74, 6) is 7.50. The van der Waals surface area contributed by atoms with Crippen molar-refractivity contribution in [3.05, 3.63) is 69.6 Å². The molecule has 1 aliphatic rings. The first kappa shape index (κ1) is 17.1. The molecule has 136 valence electrons. The van der Waals surface area contributed by atoms with Gasteiger partial charge in [0.2, 0.25) is 0 Å². The minimum atomic E-state index is -0.309. The van der Waals surface area contributed by atoms with Gasteiger partial charge in [0, 0.05) is 18.2 Å². The molecule has 6 nitrogen and oxygen atoms in total. The molecule has 0 unspecified atom stereocenters. The Morgan fingerprint density at radius 3 is 2.67 bits per heavy atom. The van der Waals surface area contributed by atoms with Gasteiger partial charge in [-0.25, -0.2) is 4.79 Å². The van der Waals surface area contributed by atoms with E-state index < -0.39 is 0 Å². The van der Waals surface area contributed by atoms with Crippen LogP contribution in [0, 0.1) is 11.8 Å². The van der Waals surface area contributed by atoms with E-state index in [2.05, 4.69) is 28.3 Å². The maximum Gasteiger partial charge on any atom is 0.368 e. The topological polar surface area (TPSA) is 61.9 Å². The fraction of sp³-hybridized carbons (Fsp3) is 0.286. The Kier molecular flexibility index (Phi) is 4.51. The largest absolute Gasteiger partial charge is 0.488 e. The molecule has 27 heavy (non-hydrogen) atoms. The molecule has 0 saturated heterocycles. The van der Waals surface area contributed by atoms with Gasteiger partial charge in [0.1, 0.15) is 12.4 Å². The average Bonchev–Trinajstić information content (AvgIpc) is 3.47. The lowest BCUT2D eigenvalue weighted by atomic mass is 10.1. The molecule has 1 fully saturated rings. The van der Waals surface area contributed by atoms with Crippen LogP contribution < -0.4 is 10.4 Å². The highest BCUT2D eigenvalue weighted by Crippen LogP contribution is 2.44. The number of aromatic nitrogens is 4. The Hall–Kier alpha value is -3.33. The van der Waals surface area contributed by atoms with Crippen molar-refractivity contribution in [3.8, 4) is 23.3 Å². The van der Waals surface area contributed by atoms with Crippen LogP contribution in [0.25, 0.3) is 5.69 Å². The summed E-state index contributed by atoms with van der Waals surface area (Å²) in [6.45, 7) is 2.08. The number of hydrogen-bond donors (Lipinski definition) is 0. The standard InChI is InChI=1S/C21H20N4O2/c1-3-7-15-8-6-10-19(25-21(26)24(2)22-23-25)18(15)14-27-20-11-5-4-9-17(20)16-12-13-16/h4-6,8-11,16H,12-14H2,1-2H3. The monoisotopic (exact) mass is 360 g/mol. The van der Waals surface area contributed by atoms with E-state index in [1.165, 1.54) is 27.8 Å². The predicted molar refractivity (Wildman–Crippen MR) is 102 cm³/mol. The van der Waals surface area contributed by atoms with E-state index in [4.69, 9.17) is 4.74 Å². The number of tetrazole rings is 1. The summed E-state index contributed by atoms with van der Waals surface area (Å²) in [4.78, 5) is 12.3. The molecule has 0 atom stereocenters. The number of rotatable bonds is 5. The summed E-state index contributed by atoms with van der Waals surface area (Å²) < 4.78 is 8.67. The maximum absolute atomic E-state index is 12.3. The van der Waals surface area contributed by atoms with Crippen LogP contribution in [0.15, 0.2) is 47.3 Å². The molecule has 0 N–H and O–H groups in total. The van der Waals surface area contributed by atoms with Crippen LogP contribution in [0.3, 0.4) is 0 Å². The van der Waals surface area contributed by atoms with Crippen LogP contribution >= 0.6 is 0 Å². The number of benzene rings is 2. The minimum absolute atomic E-state index is 0.299. The molecule has 1 saturated carbocycles. The molecular weight excluding hydrogens is 340 g/mol. The fourth-order valence-corrected chi connectivity index (χ4v) is 3.13. The van der Waals surface area contributed by atoms with Crippen molar-refractivity contribution in [1.29, 1.82) is 0 Å². The molecule has 6 heteroatoms. The van der Waals surface area contributed by atoms with Crippen molar-refractivity contribution in [2.45, 2.75) is 32.3 Å². The highest BCUT2D eigenvalue weighted by Gasteiger charge is 2.26. The SMILES string of the molecule is CC#Cc1cccc(-n2nnn(C)c2=O)c1COc1ccccc1C1CC1. The van der Waals surface area contributed by atoms with E-state index in [9.17, 15) is 4.79 Å². The zero-order valence-electron chi connectivity index (χ0n) is 15.3. The van der Waals surface area contributed by atoms with Gasteiger partial charge in [-0.2, -0.15) is 9.36 Å². The van der Waals surface area contributed by atoms with Crippen molar-refractivity contribution in [3.63, 3.8) is 0 Å². The molecule has 1 aromatic heterocycles. The molecular formula is C21H20N4O2. The Labute approximate surface area is 157 Å². The number of hydrogen-bond acceptors (Lipinski definition) is 4. The fourth-order valence-electron chi connectivity index (χ4n) is 3.13. The second kappa shape index (κ2) is 7.12. The van der Waals surface area contributed by atoms with Crippen molar-refractivity contribution in [2.24, 2.45) is 7.05 Å². The van der Waals surface area contributed by atoms with Crippen LogP contribution in [-0.2, 0) is 13.7 Å². The lowest BCUT2D eigenvalue weighted by molar-refractivity contribution is 0.302. The van der Waals surface area contributed by atoms with Crippen LogP contribution in [0.4, 0.5) is 0 Å². The van der Waals surface area contributed by atoms with Crippen molar-refractivity contribution in [2.75, 3.05) is 0 Å². The predicted octanol–water partition coefficient (Wildman–Crippen LogP) is 2.79. The van der Waals surface area contributed by atoms with E-state index in [0.29, 0.717) is 18.2 Å². The van der Waals surface area contributed by atoms with Gasteiger partial charge >= 0.3 is 5.69 Å². The van der Waals surface area contributed by atoms with Gasteiger partial charge in [0.05, 0.1) is 5.69 Å². The van der Waals surface area contributed by atoms with Gasteiger partial charge in [-0.1, -0.05) is 30.2 Å². The van der Waals surface area contributed by atoms with Gasteiger partial charge < -0.3 is 4.74 Å². The van der Waals surface area contributed by atoms with Crippen LogP contribution in [0.2, 0.25) is 0 Å². The first-order valence-electron chi connectivity index (χ1n) is 8.95. The Morgan fingerprint density at radius 1 is 1.15 bits per heavy atom. The Bertz CT molecular complexity index is 1100. The second-order valence-electron chi connectivity index (χ2n) is 6.58. The van der Waals surface area contributed by atoms with Gasteiger partial charge in [0.15, 0.2) is 0 Å². The maximum atomic E-state index is 12.3. The Morgan fingerprint density at radius 2 is 1.96 bits per heavy atom. The molecule has 2 aromatic carbocycles. The second-order valence-corrected chi connectivity index (χ2v) is 6.58. The van der Waals surface area contributed by atoms with Crippen molar-refractivity contribution < 1.29 is 4.74 Å². The molecule has 0 spiro atoms. The van der Waals surface area contributed by atoms with Crippen molar-refractivity contribution in [1.82, 2.24) is 19.8 Å². The third kappa shape index (κ3) is 3.36. The lowest BCUT2D eigenvalue weighted by Gasteiger charge is -2.14. The number of para-hydroxylation sites is 1. The summed E-state index contributed by atoms with van der Waals surface area (Å²) >= 11 is 0. The smallest absolute Gasteiger partial charge is 0.368 e. The first-order valence-corrected chi connectivity index (χ1v) is 8.95. The third-order valence-corrected chi connectivity index (χ3v) is 4.67. The quantitative estimate of drug-likeness (QED) is 0.657. The molecule has 4 rings (SSSR count). The summed E-state index contributed by atoms with van der Waals surface area (Å²) in [6.07, 6.45) is 2.41. The molecule has 0 aliphatic heterocycles. The number of ether oxygens (including phenoxy) is 1. The van der Waals surface area contributed by atoms with Gasteiger partial charge in [-0.3, -0.25) is 0 Å². The summed E-state index contributed by atoms with van der Waals surface area (Å²) in [6, 6.07) is 13.8.